The zero-order chi connectivity index (χ0) is 13.8. The lowest BCUT2D eigenvalue weighted by Gasteiger charge is -2.09. The van der Waals surface area contributed by atoms with Crippen molar-refractivity contribution in [1.82, 2.24) is 0 Å². The van der Waals surface area contributed by atoms with Gasteiger partial charge in [0.05, 0.1) is 17.6 Å². The van der Waals surface area contributed by atoms with Gasteiger partial charge in [-0.15, -0.1) is 0 Å². The van der Waals surface area contributed by atoms with Crippen molar-refractivity contribution in [2.24, 2.45) is 0 Å². The molecule has 0 N–H and O–H groups in total. The Morgan fingerprint density at radius 2 is 0.895 bits per heavy atom. The lowest BCUT2D eigenvalue weighted by Crippen LogP contribution is -2.22. The molecule has 100 valence electrons. The Balaban J connectivity index is 2.08. The topological polar surface area (TPSA) is 9.23 Å². The number of ether oxygens (including phenoxy) is 1. The van der Waals surface area contributed by atoms with Crippen LogP contribution in [0.2, 0.25) is 26.2 Å². The maximum absolute atomic E-state index is 5.88. The van der Waals surface area contributed by atoms with E-state index in [1.54, 1.807) is 0 Å². The van der Waals surface area contributed by atoms with Crippen LogP contribution >= 0.6 is 0 Å². The third-order valence-electron chi connectivity index (χ3n) is 3.33. The summed E-state index contributed by atoms with van der Waals surface area (Å²) in [6, 6.07) is 17.1. The highest BCUT2D eigenvalue weighted by molar-refractivity contribution is 6.71. The second kappa shape index (κ2) is 6.21. The van der Waals surface area contributed by atoms with Crippen LogP contribution in [0, 0.1) is 0 Å². The zero-order valence-corrected chi connectivity index (χ0v) is 14.5. The van der Waals surface area contributed by atoms with Crippen molar-refractivity contribution in [3.05, 3.63) is 48.5 Å². The Kier molecular flexibility index (Phi) is 4.61. The molecule has 3 heteroatoms. The summed E-state index contributed by atoms with van der Waals surface area (Å²) in [6.45, 7) is 9.35. The Bertz CT molecular complexity index is 466. The van der Waals surface area contributed by atoms with E-state index >= 15 is 0 Å². The van der Waals surface area contributed by atoms with Crippen LogP contribution in [0.3, 0.4) is 0 Å². The first-order valence-corrected chi connectivity index (χ1v) is 12.7. The van der Waals surface area contributed by atoms with E-state index in [1.807, 2.05) is 0 Å². The van der Waals surface area contributed by atoms with E-state index in [9.17, 15) is 0 Å². The third-order valence-corrected chi connectivity index (χ3v) is 6.77. The average molecular weight is 287 g/mol. The fourth-order valence-corrected chi connectivity index (χ4v) is 3.90. The maximum atomic E-state index is 5.88. The number of hydrogen-bond acceptors (Lipinski definition) is 1. The number of rotatable bonds is 4. The van der Waals surface area contributed by atoms with E-state index in [0.717, 1.165) is 11.5 Å². The molecule has 0 saturated carbocycles. The summed E-state index contributed by atoms with van der Waals surface area (Å²) in [5.41, 5.74) is 0. The van der Waals surface area contributed by atoms with Gasteiger partial charge in [-0.1, -0.05) is 60.8 Å². The molecule has 19 heavy (non-hydrogen) atoms. The molecule has 0 aliphatic carbocycles. The van der Waals surface area contributed by atoms with Crippen molar-refractivity contribution < 1.29 is 4.74 Å². The fraction of sp³-hybridized carbons (Fsp3) is 0.250. The maximum Gasteiger partial charge on any atom is 0.127 e. The summed E-state index contributed by atoms with van der Waals surface area (Å²) >= 11 is 0. The van der Waals surface area contributed by atoms with E-state index in [2.05, 4.69) is 74.7 Å². The van der Waals surface area contributed by atoms with Gasteiger partial charge in [0.15, 0.2) is 0 Å². The molecule has 0 bridgehead atoms. The van der Waals surface area contributed by atoms with E-state index in [0.29, 0.717) is 0 Å². The van der Waals surface area contributed by atoms with E-state index in [1.165, 1.54) is 10.4 Å². The van der Waals surface area contributed by atoms with Crippen LogP contribution in [0.1, 0.15) is 0 Å². The highest BCUT2D eigenvalue weighted by Gasteiger charge is 2.03. The lowest BCUT2D eigenvalue weighted by molar-refractivity contribution is 0.483. The molecule has 0 spiro atoms. The van der Waals surface area contributed by atoms with Crippen molar-refractivity contribution in [3.63, 3.8) is 0 Å². The van der Waals surface area contributed by atoms with Crippen LogP contribution in [-0.2, 0) is 0 Å². The minimum atomic E-state index is -0.703. The molecular formula is C16H22OSi2. The average Bonchev–Trinajstić information content (AvgIpc) is 2.40. The number of hydrogen-bond donors (Lipinski definition) is 0. The highest BCUT2D eigenvalue weighted by Crippen LogP contribution is 2.19. The van der Waals surface area contributed by atoms with Gasteiger partial charge in [-0.2, -0.15) is 0 Å². The smallest absolute Gasteiger partial charge is 0.127 e. The molecule has 2 aromatic rings. The van der Waals surface area contributed by atoms with Crippen molar-refractivity contribution >= 4 is 28.0 Å². The fourth-order valence-electron chi connectivity index (χ4n) is 1.98. The monoisotopic (exact) mass is 286 g/mol. The first-order valence-electron chi connectivity index (χ1n) is 6.94. The van der Waals surface area contributed by atoms with Gasteiger partial charge in [-0.25, -0.2) is 0 Å². The van der Waals surface area contributed by atoms with Crippen molar-refractivity contribution in [2.75, 3.05) is 0 Å². The van der Waals surface area contributed by atoms with Crippen LogP contribution in [0.15, 0.2) is 48.5 Å². The molecule has 0 radical (unpaired) electrons. The second-order valence-corrected chi connectivity index (χ2v) is 11.5. The van der Waals surface area contributed by atoms with Gasteiger partial charge in [0.1, 0.15) is 11.5 Å². The van der Waals surface area contributed by atoms with E-state index in [-0.39, 0.29) is 0 Å². The highest BCUT2D eigenvalue weighted by atomic mass is 28.3. The van der Waals surface area contributed by atoms with Crippen molar-refractivity contribution in [3.8, 4) is 11.5 Å². The first-order chi connectivity index (χ1) is 9.06. The van der Waals surface area contributed by atoms with Gasteiger partial charge in [-0.3, -0.25) is 0 Å². The summed E-state index contributed by atoms with van der Waals surface area (Å²) in [5, 5.41) is 2.96. The second-order valence-electron chi connectivity index (χ2n) is 5.55. The molecule has 2 rings (SSSR count). The SMILES string of the molecule is C[SiH](C)c1ccc(Oc2ccc([SiH](C)C)cc2)cc1. The molecule has 0 aromatic heterocycles. The van der Waals surface area contributed by atoms with E-state index in [4.69, 9.17) is 4.74 Å². The molecule has 0 aliphatic rings. The molecule has 0 atom stereocenters. The molecule has 0 saturated heterocycles. The van der Waals surface area contributed by atoms with Crippen molar-refractivity contribution in [2.45, 2.75) is 26.2 Å². The Morgan fingerprint density at radius 3 is 1.16 bits per heavy atom. The summed E-state index contributed by atoms with van der Waals surface area (Å²) in [7, 11) is -1.41. The molecule has 0 heterocycles. The summed E-state index contributed by atoms with van der Waals surface area (Å²) < 4.78 is 5.88. The Morgan fingerprint density at radius 1 is 0.579 bits per heavy atom. The molecule has 0 aliphatic heterocycles. The third kappa shape index (κ3) is 3.82. The van der Waals surface area contributed by atoms with Crippen LogP contribution < -0.4 is 15.1 Å². The minimum absolute atomic E-state index is 0.703. The number of benzene rings is 2. The zero-order valence-electron chi connectivity index (χ0n) is 12.2. The minimum Gasteiger partial charge on any atom is -0.457 e. The van der Waals surface area contributed by atoms with Gasteiger partial charge in [-0.05, 0) is 24.3 Å². The molecular weight excluding hydrogens is 264 g/mol. The van der Waals surface area contributed by atoms with Crippen LogP contribution in [0.5, 0.6) is 11.5 Å². The molecule has 1 nitrogen and oxygen atoms in total. The van der Waals surface area contributed by atoms with Gasteiger partial charge < -0.3 is 4.74 Å². The molecule has 2 aromatic carbocycles. The van der Waals surface area contributed by atoms with Gasteiger partial charge in [0.2, 0.25) is 0 Å². The molecule has 0 fully saturated rings. The van der Waals surface area contributed by atoms with Crippen molar-refractivity contribution in [1.29, 1.82) is 0 Å². The van der Waals surface area contributed by atoms with Crippen LogP contribution in [0.4, 0.5) is 0 Å². The quantitative estimate of drug-likeness (QED) is 0.785. The molecule has 0 unspecified atom stereocenters. The normalized spacial score (nSPS) is 11.1. The summed E-state index contributed by atoms with van der Waals surface area (Å²) in [6.07, 6.45) is 0. The Labute approximate surface area is 119 Å². The lowest BCUT2D eigenvalue weighted by atomic mass is 10.3. The standard InChI is InChI=1S/C16H22OSi2/c1-18(2)15-9-5-13(6-10-15)17-14-7-11-16(12-8-14)19(3)4/h5-12,18-19H,1-4H3. The largest absolute Gasteiger partial charge is 0.457 e. The van der Waals surface area contributed by atoms with Gasteiger partial charge in [0, 0.05) is 0 Å². The van der Waals surface area contributed by atoms with Gasteiger partial charge in [0.25, 0.3) is 0 Å². The van der Waals surface area contributed by atoms with Gasteiger partial charge >= 0.3 is 0 Å². The Hall–Kier alpha value is -1.33. The summed E-state index contributed by atoms with van der Waals surface area (Å²) in [4.78, 5) is 0. The van der Waals surface area contributed by atoms with E-state index < -0.39 is 17.6 Å². The summed E-state index contributed by atoms with van der Waals surface area (Å²) in [5.74, 6) is 1.85. The first kappa shape index (κ1) is 14.1. The van der Waals surface area contributed by atoms with Crippen LogP contribution in [0.25, 0.3) is 0 Å². The molecule has 0 amide bonds. The predicted molar refractivity (Wildman–Crippen MR) is 90.0 cm³/mol. The predicted octanol–water partition coefficient (Wildman–Crippen LogP) is 2.87. The van der Waals surface area contributed by atoms with Crippen LogP contribution in [-0.4, -0.2) is 17.6 Å².